The van der Waals surface area contributed by atoms with Crippen LogP contribution in [-0.2, 0) is 6.61 Å². The van der Waals surface area contributed by atoms with Crippen LogP contribution in [0.1, 0.15) is 24.5 Å². The van der Waals surface area contributed by atoms with Crippen LogP contribution in [0.4, 0.5) is 5.82 Å². The van der Waals surface area contributed by atoms with Crippen LogP contribution in [0, 0.1) is 6.92 Å². The number of anilines is 1. The molecule has 0 radical (unpaired) electrons. The Morgan fingerprint density at radius 3 is 2.75 bits per heavy atom. The number of aromatic nitrogens is 1. The maximum atomic E-state index is 5.79. The molecule has 0 fully saturated rings. The summed E-state index contributed by atoms with van der Waals surface area (Å²) in [5.41, 5.74) is 2.26. The minimum atomic E-state index is 0.517. The zero-order chi connectivity index (χ0) is 14.4. The van der Waals surface area contributed by atoms with Crippen molar-refractivity contribution in [3.05, 3.63) is 52.1 Å². The van der Waals surface area contributed by atoms with Crippen LogP contribution in [0.2, 0.25) is 0 Å². The molecule has 20 heavy (non-hydrogen) atoms. The number of rotatable bonds is 6. The van der Waals surface area contributed by atoms with Crippen molar-refractivity contribution in [1.29, 1.82) is 0 Å². The lowest BCUT2D eigenvalue weighted by molar-refractivity contribution is 0.304. The van der Waals surface area contributed by atoms with E-state index in [9.17, 15) is 0 Å². The van der Waals surface area contributed by atoms with Crippen LogP contribution < -0.4 is 10.1 Å². The molecule has 106 valence electrons. The number of halogens is 1. The highest BCUT2D eigenvalue weighted by atomic mass is 79.9. The van der Waals surface area contributed by atoms with E-state index in [4.69, 9.17) is 4.74 Å². The highest BCUT2D eigenvalue weighted by Gasteiger charge is 2.02. The summed E-state index contributed by atoms with van der Waals surface area (Å²) in [4.78, 5) is 4.36. The number of nitrogens with one attached hydrogen (secondary N) is 1. The lowest BCUT2D eigenvalue weighted by atomic mass is 10.2. The first-order valence-corrected chi connectivity index (χ1v) is 7.56. The fourth-order valence-electron chi connectivity index (χ4n) is 1.75. The Labute approximate surface area is 128 Å². The first kappa shape index (κ1) is 14.9. The van der Waals surface area contributed by atoms with Crippen LogP contribution in [0.25, 0.3) is 0 Å². The quantitative estimate of drug-likeness (QED) is 0.841. The third-order valence-electron chi connectivity index (χ3n) is 2.86. The second-order valence-electron chi connectivity index (χ2n) is 4.70. The van der Waals surface area contributed by atoms with Gasteiger partial charge in [-0.3, -0.25) is 0 Å². The van der Waals surface area contributed by atoms with Crippen molar-refractivity contribution in [1.82, 2.24) is 4.98 Å². The summed E-state index contributed by atoms with van der Waals surface area (Å²) in [6, 6.07) is 10.1. The number of benzene rings is 1. The van der Waals surface area contributed by atoms with Crippen LogP contribution in [-0.4, -0.2) is 11.5 Å². The molecule has 1 N–H and O–H groups in total. The van der Waals surface area contributed by atoms with E-state index in [-0.39, 0.29) is 0 Å². The number of nitrogens with zero attached hydrogens (tertiary/aromatic N) is 1. The summed E-state index contributed by atoms with van der Waals surface area (Å²) < 4.78 is 6.77. The molecule has 0 bridgehead atoms. The summed E-state index contributed by atoms with van der Waals surface area (Å²) in [5.74, 6) is 1.76. The molecular formula is C16H19BrN2O. The van der Waals surface area contributed by atoms with Crippen molar-refractivity contribution >= 4 is 21.7 Å². The Balaban J connectivity index is 1.93. The van der Waals surface area contributed by atoms with E-state index < -0.39 is 0 Å². The molecule has 1 heterocycles. The SMILES string of the molecule is CCCNc1ccc(COc2ccc(C)cc2Br)cn1. The van der Waals surface area contributed by atoms with Gasteiger partial charge in [-0.25, -0.2) is 4.98 Å². The Morgan fingerprint density at radius 1 is 1.25 bits per heavy atom. The molecule has 0 aliphatic heterocycles. The predicted octanol–water partition coefficient (Wildman–Crippen LogP) is 4.55. The largest absolute Gasteiger partial charge is 0.488 e. The molecule has 2 aromatic rings. The molecule has 0 spiro atoms. The van der Waals surface area contributed by atoms with Crippen molar-refractivity contribution in [2.75, 3.05) is 11.9 Å². The molecule has 0 amide bonds. The Bertz CT molecular complexity index is 555. The van der Waals surface area contributed by atoms with Crippen LogP contribution >= 0.6 is 15.9 Å². The molecule has 0 unspecified atom stereocenters. The van der Waals surface area contributed by atoms with Gasteiger partial charge in [0.1, 0.15) is 18.2 Å². The summed E-state index contributed by atoms with van der Waals surface area (Å²) in [6.45, 7) is 5.65. The van der Waals surface area contributed by atoms with Gasteiger partial charge in [0.05, 0.1) is 4.47 Å². The van der Waals surface area contributed by atoms with E-state index in [1.54, 1.807) is 0 Å². The average molecular weight is 335 g/mol. The number of hydrogen-bond donors (Lipinski definition) is 1. The smallest absolute Gasteiger partial charge is 0.134 e. The standard InChI is InChI=1S/C16H19BrN2O/c1-3-8-18-16-7-5-13(10-19-16)11-20-15-6-4-12(2)9-14(15)17/h4-7,9-10H,3,8,11H2,1-2H3,(H,18,19). The zero-order valence-electron chi connectivity index (χ0n) is 11.8. The molecule has 0 saturated carbocycles. The lowest BCUT2D eigenvalue weighted by Crippen LogP contribution is -2.02. The van der Waals surface area contributed by atoms with E-state index in [0.29, 0.717) is 6.61 Å². The molecule has 3 nitrogen and oxygen atoms in total. The third-order valence-corrected chi connectivity index (χ3v) is 3.48. The Kier molecular flexibility index (Phi) is 5.41. The van der Waals surface area contributed by atoms with Crippen molar-refractivity contribution < 1.29 is 4.74 Å². The first-order chi connectivity index (χ1) is 9.69. The second-order valence-corrected chi connectivity index (χ2v) is 5.56. The first-order valence-electron chi connectivity index (χ1n) is 6.77. The van der Waals surface area contributed by atoms with Gasteiger partial charge in [-0.2, -0.15) is 0 Å². The fourth-order valence-corrected chi connectivity index (χ4v) is 2.36. The maximum Gasteiger partial charge on any atom is 0.134 e. The summed E-state index contributed by atoms with van der Waals surface area (Å²) >= 11 is 3.51. The molecule has 0 aliphatic carbocycles. The summed E-state index contributed by atoms with van der Waals surface area (Å²) in [7, 11) is 0. The van der Waals surface area contributed by atoms with Gasteiger partial charge in [0.25, 0.3) is 0 Å². The highest BCUT2D eigenvalue weighted by Crippen LogP contribution is 2.26. The zero-order valence-corrected chi connectivity index (χ0v) is 13.4. The monoisotopic (exact) mass is 334 g/mol. The van der Waals surface area contributed by atoms with Crippen LogP contribution in [0.5, 0.6) is 5.75 Å². The summed E-state index contributed by atoms with van der Waals surface area (Å²) in [6.07, 6.45) is 2.94. The van der Waals surface area contributed by atoms with Gasteiger partial charge in [-0.05, 0) is 53.0 Å². The number of hydrogen-bond acceptors (Lipinski definition) is 3. The molecule has 0 saturated heterocycles. The van der Waals surface area contributed by atoms with E-state index in [0.717, 1.165) is 34.6 Å². The van der Waals surface area contributed by atoms with Gasteiger partial charge < -0.3 is 10.1 Å². The molecular weight excluding hydrogens is 316 g/mol. The van der Waals surface area contributed by atoms with E-state index in [2.05, 4.69) is 40.1 Å². The Morgan fingerprint density at radius 2 is 2.10 bits per heavy atom. The van der Waals surface area contributed by atoms with Crippen molar-refractivity contribution in [3.8, 4) is 5.75 Å². The lowest BCUT2D eigenvalue weighted by Gasteiger charge is -2.09. The van der Waals surface area contributed by atoms with Crippen LogP contribution in [0.3, 0.4) is 0 Å². The van der Waals surface area contributed by atoms with Crippen molar-refractivity contribution in [2.45, 2.75) is 26.9 Å². The molecule has 1 aromatic carbocycles. The topological polar surface area (TPSA) is 34.1 Å². The number of pyridine rings is 1. The van der Waals surface area contributed by atoms with Crippen LogP contribution in [0.15, 0.2) is 41.0 Å². The van der Waals surface area contributed by atoms with Gasteiger partial charge in [-0.15, -0.1) is 0 Å². The summed E-state index contributed by atoms with van der Waals surface area (Å²) in [5, 5.41) is 3.25. The second kappa shape index (κ2) is 7.29. The number of aryl methyl sites for hydroxylation is 1. The average Bonchev–Trinajstić information content (AvgIpc) is 2.45. The highest BCUT2D eigenvalue weighted by molar-refractivity contribution is 9.10. The van der Waals surface area contributed by atoms with E-state index >= 15 is 0 Å². The van der Waals surface area contributed by atoms with Gasteiger partial charge >= 0.3 is 0 Å². The minimum absolute atomic E-state index is 0.517. The maximum absolute atomic E-state index is 5.79. The fraction of sp³-hybridized carbons (Fsp3) is 0.312. The van der Waals surface area contributed by atoms with Crippen molar-refractivity contribution in [3.63, 3.8) is 0 Å². The predicted molar refractivity (Wildman–Crippen MR) is 86.2 cm³/mol. The third kappa shape index (κ3) is 4.23. The van der Waals surface area contributed by atoms with E-state index in [1.165, 1.54) is 5.56 Å². The van der Waals surface area contributed by atoms with Gasteiger partial charge in [0.15, 0.2) is 0 Å². The minimum Gasteiger partial charge on any atom is -0.488 e. The Hall–Kier alpha value is -1.55. The van der Waals surface area contributed by atoms with Gasteiger partial charge in [0.2, 0.25) is 0 Å². The number of ether oxygens (including phenoxy) is 1. The van der Waals surface area contributed by atoms with Gasteiger partial charge in [-0.1, -0.05) is 19.1 Å². The molecule has 0 atom stereocenters. The normalized spacial score (nSPS) is 10.3. The van der Waals surface area contributed by atoms with Gasteiger partial charge in [0, 0.05) is 18.3 Å². The molecule has 1 aromatic heterocycles. The molecule has 2 rings (SSSR count). The molecule has 0 aliphatic rings. The molecule has 4 heteroatoms. The van der Waals surface area contributed by atoms with E-state index in [1.807, 2.05) is 36.5 Å². The van der Waals surface area contributed by atoms with Crippen molar-refractivity contribution in [2.24, 2.45) is 0 Å².